The van der Waals surface area contributed by atoms with Crippen molar-refractivity contribution < 1.29 is 19.1 Å². The van der Waals surface area contributed by atoms with E-state index in [1.165, 1.54) is 6.08 Å². The summed E-state index contributed by atoms with van der Waals surface area (Å²) in [7, 11) is 0. The SMILES string of the molecule is O=C(O)Cc1ccc2oc(-c3ccc(C=CC(=O)Nc4cccc(Br)c4)cc3)nc2c1. The third-order valence-electron chi connectivity index (χ3n) is 4.48. The number of aliphatic carboxylic acids is 1. The van der Waals surface area contributed by atoms with Crippen LogP contribution in [0.3, 0.4) is 0 Å². The maximum atomic E-state index is 12.1. The van der Waals surface area contributed by atoms with Gasteiger partial charge in [0, 0.05) is 21.8 Å². The van der Waals surface area contributed by atoms with Gasteiger partial charge in [0.2, 0.25) is 11.8 Å². The highest BCUT2D eigenvalue weighted by molar-refractivity contribution is 9.10. The van der Waals surface area contributed by atoms with E-state index in [0.29, 0.717) is 28.2 Å². The highest BCUT2D eigenvalue weighted by Gasteiger charge is 2.10. The summed E-state index contributed by atoms with van der Waals surface area (Å²) in [5, 5.41) is 11.7. The van der Waals surface area contributed by atoms with Crippen molar-refractivity contribution in [2.45, 2.75) is 6.42 Å². The molecule has 0 aliphatic rings. The average Bonchev–Trinajstić information content (AvgIpc) is 3.15. The van der Waals surface area contributed by atoms with Crippen LogP contribution in [0.2, 0.25) is 0 Å². The average molecular weight is 477 g/mol. The molecule has 1 aromatic heterocycles. The van der Waals surface area contributed by atoms with Gasteiger partial charge in [-0.3, -0.25) is 9.59 Å². The van der Waals surface area contributed by atoms with Gasteiger partial charge in [0.15, 0.2) is 5.58 Å². The van der Waals surface area contributed by atoms with Gasteiger partial charge < -0.3 is 14.8 Å². The van der Waals surface area contributed by atoms with Crippen molar-refractivity contribution in [3.8, 4) is 11.5 Å². The number of carboxylic acids is 1. The zero-order chi connectivity index (χ0) is 21.8. The number of carbonyl (C=O) groups excluding carboxylic acids is 1. The van der Waals surface area contributed by atoms with Crippen LogP contribution in [-0.2, 0) is 16.0 Å². The molecule has 4 aromatic rings. The Labute approximate surface area is 186 Å². The fraction of sp³-hybridized carbons (Fsp3) is 0.0417. The van der Waals surface area contributed by atoms with Crippen molar-refractivity contribution in [2.75, 3.05) is 5.32 Å². The smallest absolute Gasteiger partial charge is 0.307 e. The van der Waals surface area contributed by atoms with E-state index in [9.17, 15) is 9.59 Å². The maximum Gasteiger partial charge on any atom is 0.307 e. The molecule has 0 saturated heterocycles. The molecule has 2 N–H and O–H groups in total. The van der Waals surface area contributed by atoms with Crippen LogP contribution in [-0.4, -0.2) is 22.0 Å². The number of carbonyl (C=O) groups is 2. The summed E-state index contributed by atoms with van der Waals surface area (Å²) in [6.45, 7) is 0. The topological polar surface area (TPSA) is 92.4 Å². The van der Waals surface area contributed by atoms with Gasteiger partial charge in [0.05, 0.1) is 6.42 Å². The molecule has 1 heterocycles. The van der Waals surface area contributed by atoms with Gasteiger partial charge >= 0.3 is 5.97 Å². The number of oxazole rings is 1. The maximum absolute atomic E-state index is 12.1. The lowest BCUT2D eigenvalue weighted by molar-refractivity contribution is -0.136. The van der Waals surface area contributed by atoms with Gasteiger partial charge in [-0.15, -0.1) is 0 Å². The number of amides is 1. The third kappa shape index (κ3) is 5.26. The minimum Gasteiger partial charge on any atom is -0.481 e. The Kier molecular flexibility index (Phi) is 5.95. The summed E-state index contributed by atoms with van der Waals surface area (Å²) in [5.41, 5.74) is 4.22. The molecule has 0 radical (unpaired) electrons. The van der Waals surface area contributed by atoms with Gasteiger partial charge in [0.25, 0.3) is 0 Å². The van der Waals surface area contributed by atoms with Crippen LogP contribution in [0.1, 0.15) is 11.1 Å². The van der Waals surface area contributed by atoms with Crippen LogP contribution in [0.25, 0.3) is 28.6 Å². The molecule has 0 aliphatic carbocycles. The predicted molar refractivity (Wildman–Crippen MR) is 123 cm³/mol. The Balaban J connectivity index is 1.45. The molecule has 0 spiro atoms. The van der Waals surface area contributed by atoms with Crippen molar-refractivity contribution in [1.29, 1.82) is 0 Å². The fourth-order valence-electron chi connectivity index (χ4n) is 3.04. The van der Waals surface area contributed by atoms with E-state index < -0.39 is 5.97 Å². The van der Waals surface area contributed by atoms with E-state index in [0.717, 1.165) is 15.6 Å². The third-order valence-corrected chi connectivity index (χ3v) is 4.98. The van der Waals surface area contributed by atoms with Crippen LogP contribution in [0.5, 0.6) is 0 Å². The lowest BCUT2D eigenvalue weighted by atomic mass is 10.1. The van der Waals surface area contributed by atoms with Crippen molar-refractivity contribution in [3.05, 3.63) is 88.4 Å². The molecule has 0 bridgehead atoms. The zero-order valence-corrected chi connectivity index (χ0v) is 17.8. The standard InChI is InChI=1S/C24H17BrN2O4/c25-18-2-1-3-19(14-18)26-22(28)11-7-15-4-8-17(9-5-15)24-27-20-12-16(13-23(29)30)6-10-21(20)31-24/h1-12,14H,13H2,(H,26,28)(H,29,30). The van der Waals surface area contributed by atoms with Crippen molar-refractivity contribution in [2.24, 2.45) is 0 Å². The number of nitrogens with one attached hydrogen (secondary N) is 1. The minimum atomic E-state index is -0.892. The van der Waals surface area contributed by atoms with Crippen LogP contribution < -0.4 is 5.32 Å². The Morgan fingerprint density at radius 2 is 1.87 bits per heavy atom. The second kappa shape index (κ2) is 8.97. The van der Waals surface area contributed by atoms with Crippen LogP contribution >= 0.6 is 15.9 Å². The predicted octanol–water partition coefficient (Wildman–Crippen LogP) is 5.54. The first-order valence-electron chi connectivity index (χ1n) is 9.42. The number of hydrogen-bond donors (Lipinski definition) is 2. The number of benzene rings is 3. The number of anilines is 1. The fourth-order valence-corrected chi connectivity index (χ4v) is 3.44. The van der Waals surface area contributed by atoms with Gasteiger partial charge in [-0.25, -0.2) is 4.98 Å². The van der Waals surface area contributed by atoms with Gasteiger partial charge in [-0.1, -0.05) is 40.2 Å². The first-order valence-corrected chi connectivity index (χ1v) is 10.2. The normalized spacial score (nSPS) is 11.1. The lowest BCUT2D eigenvalue weighted by Crippen LogP contribution is -2.07. The molecule has 0 unspecified atom stereocenters. The second-order valence-electron chi connectivity index (χ2n) is 6.85. The molecule has 0 atom stereocenters. The molecule has 7 heteroatoms. The summed E-state index contributed by atoms with van der Waals surface area (Å²) in [5.74, 6) is -0.666. The highest BCUT2D eigenvalue weighted by Crippen LogP contribution is 2.25. The van der Waals surface area contributed by atoms with E-state index in [-0.39, 0.29) is 12.3 Å². The Hall–Kier alpha value is -3.71. The number of halogens is 1. The van der Waals surface area contributed by atoms with E-state index >= 15 is 0 Å². The van der Waals surface area contributed by atoms with Gasteiger partial charge in [-0.2, -0.15) is 0 Å². The highest BCUT2D eigenvalue weighted by atomic mass is 79.9. The van der Waals surface area contributed by atoms with E-state index in [1.807, 2.05) is 48.5 Å². The number of fused-ring (bicyclic) bond motifs is 1. The summed E-state index contributed by atoms with van der Waals surface area (Å²) in [6, 6.07) is 20.0. The molecule has 6 nitrogen and oxygen atoms in total. The second-order valence-corrected chi connectivity index (χ2v) is 7.76. The van der Waals surface area contributed by atoms with Gasteiger partial charge in [-0.05, 0) is 59.7 Å². The van der Waals surface area contributed by atoms with E-state index in [2.05, 4.69) is 26.2 Å². The Morgan fingerprint density at radius 1 is 1.06 bits per heavy atom. The first-order chi connectivity index (χ1) is 15.0. The van der Waals surface area contributed by atoms with Crippen LogP contribution in [0, 0.1) is 0 Å². The molecular weight excluding hydrogens is 460 g/mol. The van der Waals surface area contributed by atoms with Gasteiger partial charge in [0.1, 0.15) is 5.52 Å². The summed E-state index contributed by atoms with van der Waals surface area (Å²) >= 11 is 3.37. The summed E-state index contributed by atoms with van der Waals surface area (Å²) < 4.78 is 6.67. The number of aromatic nitrogens is 1. The van der Waals surface area contributed by atoms with Crippen molar-refractivity contribution in [3.63, 3.8) is 0 Å². The van der Waals surface area contributed by atoms with E-state index in [4.69, 9.17) is 9.52 Å². The van der Waals surface area contributed by atoms with Crippen molar-refractivity contribution in [1.82, 2.24) is 4.98 Å². The number of rotatable bonds is 6. The molecule has 4 rings (SSSR count). The minimum absolute atomic E-state index is 0.0612. The lowest BCUT2D eigenvalue weighted by Gasteiger charge is -2.02. The molecule has 31 heavy (non-hydrogen) atoms. The number of hydrogen-bond acceptors (Lipinski definition) is 4. The summed E-state index contributed by atoms with van der Waals surface area (Å²) in [6.07, 6.45) is 3.13. The Morgan fingerprint density at radius 3 is 2.61 bits per heavy atom. The Bertz CT molecular complexity index is 1290. The number of carboxylic acid groups (broad SMARTS) is 1. The molecule has 0 aliphatic heterocycles. The monoisotopic (exact) mass is 476 g/mol. The molecular formula is C24H17BrN2O4. The molecule has 1 amide bonds. The van der Waals surface area contributed by atoms with E-state index in [1.54, 1.807) is 24.3 Å². The first kappa shape index (κ1) is 20.6. The van der Waals surface area contributed by atoms with Crippen LogP contribution in [0.15, 0.2) is 81.7 Å². The molecule has 0 fully saturated rings. The number of nitrogens with zero attached hydrogens (tertiary/aromatic N) is 1. The largest absolute Gasteiger partial charge is 0.481 e. The quantitative estimate of drug-likeness (QED) is 0.356. The summed E-state index contributed by atoms with van der Waals surface area (Å²) in [4.78, 5) is 27.5. The zero-order valence-electron chi connectivity index (χ0n) is 16.2. The molecule has 3 aromatic carbocycles. The van der Waals surface area contributed by atoms with Crippen LogP contribution in [0.4, 0.5) is 5.69 Å². The molecule has 154 valence electrons. The van der Waals surface area contributed by atoms with Crippen molar-refractivity contribution >= 4 is 50.7 Å². The molecule has 0 saturated carbocycles.